The van der Waals surface area contributed by atoms with E-state index in [-0.39, 0.29) is 5.75 Å². The van der Waals surface area contributed by atoms with Crippen LogP contribution in [0.5, 0.6) is 0 Å². The van der Waals surface area contributed by atoms with Crippen molar-refractivity contribution in [1.29, 1.82) is 0 Å². The zero-order valence-corrected chi connectivity index (χ0v) is 9.11. The Bertz CT molecular complexity index is 316. The summed E-state index contributed by atoms with van der Waals surface area (Å²) in [5, 5.41) is 1.82. The Morgan fingerprint density at radius 2 is 2.00 bits per heavy atom. The van der Waals surface area contributed by atoms with Crippen LogP contribution in [0.1, 0.15) is 6.92 Å². The zero-order valence-electron chi connectivity index (χ0n) is 8.29. The minimum atomic E-state index is -3.48. The second-order valence-corrected chi connectivity index (χ2v) is 5.37. The van der Waals surface area contributed by atoms with Crippen molar-refractivity contribution in [1.82, 2.24) is 5.32 Å². The molecule has 0 aliphatic carbocycles. The number of nitrogens with one attached hydrogen (secondary N) is 1. The molecule has 0 aliphatic heterocycles. The number of carbonyl (C=O) groups excluding carboxylic acids is 1. The number of amides is 1. The lowest BCUT2D eigenvalue weighted by Gasteiger charge is -2.14. The molecule has 0 aromatic rings. The molecule has 0 aromatic heterocycles. The van der Waals surface area contributed by atoms with Gasteiger partial charge < -0.3 is 11.1 Å². The van der Waals surface area contributed by atoms with Gasteiger partial charge in [-0.15, -0.1) is 0 Å². The molecule has 0 spiro atoms. The Balaban J connectivity index is 4.08. The van der Waals surface area contributed by atoms with E-state index in [1.54, 1.807) is 0 Å². The van der Waals surface area contributed by atoms with Crippen LogP contribution >= 0.6 is 0 Å². The van der Waals surface area contributed by atoms with Gasteiger partial charge in [-0.05, 0) is 0 Å². The topological polar surface area (TPSA) is 89.3 Å². The minimum absolute atomic E-state index is 0.201. The van der Waals surface area contributed by atoms with Gasteiger partial charge in [-0.1, -0.05) is 6.92 Å². The molecule has 0 unspecified atom stereocenters. The summed E-state index contributed by atoms with van der Waals surface area (Å²) in [6.45, 7) is -0.466. The standard InChI is InChI=1S/C7H14F2N2O3S/c1-2-15(13,14)3-6(12)11-5-7(8,9)4-10/h2-5,10H2,1H3,(H,11,12). The largest absolute Gasteiger partial charge is 0.349 e. The number of rotatable bonds is 6. The number of hydrogen-bond acceptors (Lipinski definition) is 4. The first kappa shape index (κ1) is 14.2. The first-order valence-corrected chi connectivity index (χ1v) is 6.09. The summed E-state index contributed by atoms with van der Waals surface area (Å²) in [7, 11) is -3.48. The zero-order chi connectivity index (χ0) is 12.1. The number of hydrogen-bond donors (Lipinski definition) is 2. The SMILES string of the molecule is CCS(=O)(=O)CC(=O)NCC(F)(F)CN. The number of nitrogens with two attached hydrogens (primary N) is 1. The van der Waals surface area contributed by atoms with Gasteiger partial charge in [0.15, 0.2) is 9.84 Å². The van der Waals surface area contributed by atoms with Crippen LogP contribution in [0.4, 0.5) is 8.78 Å². The van der Waals surface area contributed by atoms with Crippen molar-refractivity contribution < 1.29 is 22.0 Å². The van der Waals surface area contributed by atoms with Crippen LogP contribution < -0.4 is 11.1 Å². The molecule has 0 aliphatic rings. The van der Waals surface area contributed by atoms with Crippen molar-refractivity contribution in [2.45, 2.75) is 12.8 Å². The summed E-state index contributed by atoms with van der Waals surface area (Å²) < 4.78 is 46.9. The number of alkyl halides is 2. The van der Waals surface area contributed by atoms with Gasteiger partial charge >= 0.3 is 0 Å². The van der Waals surface area contributed by atoms with Gasteiger partial charge in [-0.2, -0.15) is 0 Å². The molecule has 0 atom stereocenters. The maximum Gasteiger partial charge on any atom is 0.277 e. The van der Waals surface area contributed by atoms with E-state index < -0.39 is 40.5 Å². The predicted octanol–water partition coefficient (Wildman–Crippen LogP) is -0.869. The van der Waals surface area contributed by atoms with E-state index in [0.717, 1.165) is 0 Å². The molecule has 0 fully saturated rings. The van der Waals surface area contributed by atoms with E-state index in [1.807, 2.05) is 5.32 Å². The van der Waals surface area contributed by atoms with Gasteiger partial charge in [0.05, 0.1) is 13.1 Å². The molecular weight excluding hydrogens is 230 g/mol. The van der Waals surface area contributed by atoms with Crippen LogP contribution in [0.25, 0.3) is 0 Å². The summed E-state index contributed by atoms with van der Waals surface area (Å²) >= 11 is 0. The maximum atomic E-state index is 12.5. The highest BCUT2D eigenvalue weighted by molar-refractivity contribution is 7.92. The fourth-order valence-electron chi connectivity index (χ4n) is 0.653. The third-order valence-electron chi connectivity index (χ3n) is 1.63. The number of sulfone groups is 1. The highest BCUT2D eigenvalue weighted by atomic mass is 32.2. The lowest BCUT2D eigenvalue weighted by atomic mass is 10.3. The summed E-state index contributed by atoms with van der Waals surface area (Å²) in [6, 6.07) is 0. The first-order valence-electron chi connectivity index (χ1n) is 4.27. The average Bonchev–Trinajstić information content (AvgIpc) is 2.15. The van der Waals surface area contributed by atoms with Crippen molar-refractivity contribution in [3.05, 3.63) is 0 Å². The van der Waals surface area contributed by atoms with Crippen molar-refractivity contribution in [2.24, 2.45) is 5.73 Å². The lowest BCUT2D eigenvalue weighted by molar-refractivity contribution is -0.120. The van der Waals surface area contributed by atoms with E-state index in [1.165, 1.54) is 6.92 Å². The molecule has 15 heavy (non-hydrogen) atoms. The summed E-state index contributed by atoms with van der Waals surface area (Å²) in [6.07, 6.45) is 0. The van der Waals surface area contributed by atoms with Crippen molar-refractivity contribution in [2.75, 3.05) is 24.6 Å². The molecule has 0 bridgehead atoms. The molecule has 90 valence electrons. The molecule has 1 amide bonds. The molecule has 0 radical (unpaired) electrons. The molecule has 3 N–H and O–H groups in total. The van der Waals surface area contributed by atoms with E-state index in [2.05, 4.69) is 0 Å². The normalized spacial score (nSPS) is 12.5. The van der Waals surface area contributed by atoms with Gasteiger partial charge in [0.1, 0.15) is 5.75 Å². The molecular formula is C7H14F2N2O3S. The van der Waals surface area contributed by atoms with Crippen LogP contribution in [0, 0.1) is 0 Å². The van der Waals surface area contributed by atoms with Crippen LogP contribution in [0.15, 0.2) is 0 Å². The van der Waals surface area contributed by atoms with E-state index in [0.29, 0.717) is 0 Å². The molecule has 0 saturated heterocycles. The van der Waals surface area contributed by atoms with Crippen molar-refractivity contribution in [3.63, 3.8) is 0 Å². The monoisotopic (exact) mass is 244 g/mol. The summed E-state index contributed by atoms with van der Waals surface area (Å²) in [5.74, 6) is -5.12. The van der Waals surface area contributed by atoms with Gasteiger partial charge in [0.2, 0.25) is 5.91 Å². The van der Waals surface area contributed by atoms with Crippen molar-refractivity contribution in [3.8, 4) is 0 Å². The van der Waals surface area contributed by atoms with Gasteiger partial charge in [-0.3, -0.25) is 4.79 Å². The lowest BCUT2D eigenvalue weighted by Crippen LogP contribution is -2.43. The fourth-order valence-corrected chi connectivity index (χ4v) is 1.36. The van der Waals surface area contributed by atoms with Crippen molar-refractivity contribution >= 4 is 15.7 Å². The minimum Gasteiger partial charge on any atom is -0.349 e. The smallest absolute Gasteiger partial charge is 0.277 e. The predicted molar refractivity (Wildman–Crippen MR) is 51.3 cm³/mol. The molecule has 0 heterocycles. The third-order valence-corrected chi connectivity index (χ3v) is 3.22. The fraction of sp³-hybridized carbons (Fsp3) is 0.857. The van der Waals surface area contributed by atoms with Crippen LogP contribution in [-0.2, 0) is 14.6 Å². The highest BCUT2D eigenvalue weighted by Crippen LogP contribution is 2.08. The number of halogens is 2. The van der Waals surface area contributed by atoms with Crippen LogP contribution in [0.2, 0.25) is 0 Å². The van der Waals surface area contributed by atoms with Crippen LogP contribution in [0.3, 0.4) is 0 Å². The van der Waals surface area contributed by atoms with E-state index in [9.17, 15) is 22.0 Å². The Morgan fingerprint density at radius 1 is 1.47 bits per heavy atom. The molecule has 5 nitrogen and oxygen atoms in total. The summed E-state index contributed by atoms with van der Waals surface area (Å²) in [4.78, 5) is 10.9. The van der Waals surface area contributed by atoms with Gasteiger partial charge in [-0.25, -0.2) is 17.2 Å². The van der Waals surface area contributed by atoms with Crippen LogP contribution in [-0.4, -0.2) is 44.8 Å². The molecule has 0 saturated carbocycles. The third kappa shape index (κ3) is 6.34. The first-order chi connectivity index (χ1) is 6.72. The van der Waals surface area contributed by atoms with E-state index in [4.69, 9.17) is 5.73 Å². The van der Waals surface area contributed by atoms with Gasteiger partial charge in [0, 0.05) is 5.75 Å². The van der Waals surface area contributed by atoms with E-state index >= 15 is 0 Å². The second-order valence-electron chi connectivity index (χ2n) is 3.01. The maximum absolute atomic E-state index is 12.5. The highest BCUT2D eigenvalue weighted by Gasteiger charge is 2.27. The average molecular weight is 244 g/mol. The Kier molecular flexibility index (Phi) is 5.09. The molecule has 0 aromatic carbocycles. The van der Waals surface area contributed by atoms with Gasteiger partial charge in [0.25, 0.3) is 5.92 Å². The summed E-state index contributed by atoms with van der Waals surface area (Å²) in [5.41, 5.74) is 4.73. The molecule has 8 heteroatoms. The Hall–Kier alpha value is -0.760. The Labute approximate surface area is 86.9 Å². The number of carbonyl (C=O) groups is 1. The Morgan fingerprint density at radius 3 is 2.40 bits per heavy atom. The second kappa shape index (κ2) is 5.36. The molecule has 0 rings (SSSR count). The quantitative estimate of drug-likeness (QED) is 0.635.